The molecule has 1 aromatic heterocycles. The Morgan fingerprint density at radius 2 is 1.39 bits per heavy atom. The van der Waals surface area contributed by atoms with E-state index in [1.807, 2.05) is 6.07 Å². The van der Waals surface area contributed by atoms with Gasteiger partial charge < -0.3 is 28.3 Å². The van der Waals surface area contributed by atoms with E-state index in [1.165, 1.54) is 24.9 Å². The van der Waals surface area contributed by atoms with Crippen molar-refractivity contribution < 1.29 is 42.9 Å². The number of esters is 4. The highest BCUT2D eigenvalue weighted by Gasteiger charge is 2.61. The highest BCUT2D eigenvalue weighted by molar-refractivity contribution is 5.91. The van der Waals surface area contributed by atoms with Crippen molar-refractivity contribution in [1.82, 2.24) is 9.55 Å². The van der Waals surface area contributed by atoms with Crippen LogP contribution >= 0.6 is 0 Å². The number of rotatable bonds is 10. The highest BCUT2D eigenvalue weighted by Crippen LogP contribution is 2.45. The van der Waals surface area contributed by atoms with E-state index in [1.54, 1.807) is 91.0 Å². The minimum atomic E-state index is -1.82. The van der Waals surface area contributed by atoms with Crippen molar-refractivity contribution in [1.29, 1.82) is 5.26 Å². The van der Waals surface area contributed by atoms with Gasteiger partial charge in [-0.25, -0.2) is 24.2 Å². The lowest BCUT2D eigenvalue weighted by Crippen LogP contribution is -2.50. The number of hydrogen-bond acceptors (Lipinski definition) is 11. The van der Waals surface area contributed by atoms with Gasteiger partial charge in [0, 0.05) is 0 Å². The molecule has 0 bridgehead atoms. The third kappa shape index (κ3) is 6.50. The van der Waals surface area contributed by atoms with Crippen LogP contribution in [0.1, 0.15) is 60.4 Å². The van der Waals surface area contributed by atoms with E-state index in [4.69, 9.17) is 23.7 Å². The summed E-state index contributed by atoms with van der Waals surface area (Å²) in [4.78, 5) is 56.6. The van der Waals surface area contributed by atoms with Crippen molar-refractivity contribution in [2.24, 2.45) is 0 Å². The Labute approximate surface area is 264 Å². The Balaban J connectivity index is 1.59. The molecule has 0 N–H and O–H groups in total. The Kier molecular flexibility index (Phi) is 9.54. The Bertz CT molecular complexity index is 1750. The Morgan fingerprint density at radius 1 is 0.848 bits per heavy atom. The predicted octanol–water partition coefficient (Wildman–Crippen LogP) is 4.33. The molecule has 0 amide bonds. The molecule has 3 aromatic carbocycles. The molecule has 0 radical (unpaired) electrons. The summed E-state index contributed by atoms with van der Waals surface area (Å²) in [6.07, 6.45) is -2.91. The summed E-state index contributed by atoms with van der Waals surface area (Å²) in [5, 5.41) is 9.61. The Morgan fingerprint density at radius 3 is 1.93 bits per heavy atom. The van der Waals surface area contributed by atoms with E-state index in [9.17, 15) is 24.4 Å². The fourth-order valence-corrected chi connectivity index (χ4v) is 5.16. The summed E-state index contributed by atoms with van der Waals surface area (Å²) >= 11 is 0. The van der Waals surface area contributed by atoms with Crippen LogP contribution in [-0.4, -0.2) is 65.0 Å². The third-order valence-corrected chi connectivity index (χ3v) is 7.42. The molecule has 4 aromatic rings. The molecule has 0 spiro atoms. The zero-order valence-electron chi connectivity index (χ0n) is 24.9. The summed E-state index contributed by atoms with van der Waals surface area (Å²) in [6, 6.07) is 26.6. The minimum absolute atomic E-state index is 0.108. The maximum atomic E-state index is 13.6. The first-order valence-electron chi connectivity index (χ1n) is 14.2. The van der Waals surface area contributed by atoms with Gasteiger partial charge in [0.1, 0.15) is 12.7 Å². The molecule has 4 atom stereocenters. The molecule has 0 unspecified atom stereocenters. The molecule has 1 aliphatic rings. The van der Waals surface area contributed by atoms with E-state index < -0.39 is 54.5 Å². The minimum Gasteiger partial charge on any atom is -0.464 e. The number of benzene rings is 3. The van der Waals surface area contributed by atoms with Crippen LogP contribution in [0.3, 0.4) is 0 Å². The van der Waals surface area contributed by atoms with E-state index >= 15 is 0 Å². The van der Waals surface area contributed by atoms with Crippen LogP contribution < -0.4 is 0 Å². The first kappa shape index (κ1) is 31.6. The molecular weight excluding hydrogens is 594 g/mol. The van der Waals surface area contributed by atoms with Gasteiger partial charge in [0.25, 0.3) is 0 Å². The monoisotopic (exact) mass is 623 g/mol. The lowest BCUT2D eigenvalue weighted by molar-refractivity contribution is -0.110. The standard InChI is InChI=1S/C34H29N3O9/c1-34(46-31(40)24-16-10-5-11-17-24)28(45-30(39)23-14-8-4-9-15-23)26(20-43-29(38)22-12-6-3-7-13-22)44-33(34)37-21-36-27(32(41)42-2)25(37)18-19-35/h3-17,21,26,28,33H,18,20H2,1-2H3/t26-,28-,33-,34-/m1/s1. The fourth-order valence-electron chi connectivity index (χ4n) is 5.16. The van der Waals surface area contributed by atoms with Crippen molar-refractivity contribution in [3.8, 4) is 6.07 Å². The van der Waals surface area contributed by atoms with Gasteiger partial charge in [-0.2, -0.15) is 5.26 Å². The van der Waals surface area contributed by atoms with Crippen LogP contribution in [-0.2, 0) is 30.1 Å². The normalized spacial score (nSPS) is 20.2. The molecule has 12 nitrogen and oxygen atoms in total. The molecule has 2 heterocycles. The second-order valence-electron chi connectivity index (χ2n) is 10.4. The summed E-state index contributed by atoms with van der Waals surface area (Å²) in [5.74, 6) is -2.99. The number of carbonyl (C=O) groups is 4. The quantitative estimate of drug-likeness (QED) is 0.183. The molecule has 0 aliphatic carbocycles. The van der Waals surface area contributed by atoms with Crippen molar-refractivity contribution in [2.75, 3.05) is 13.7 Å². The molecule has 1 fully saturated rings. The lowest BCUT2D eigenvalue weighted by atomic mass is 9.94. The van der Waals surface area contributed by atoms with Crippen LogP contribution in [0.15, 0.2) is 97.3 Å². The largest absolute Gasteiger partial charge is 0.464 e. The molecule has 234 valence electrons. The summed E-state index contributed by atoms with van der Waals surface area (Å²) in [5.41, 5.74) is -1.17. The van der Waals surface area contributed by atoms with Gasteiger partial charge in [-0.1, -0.05) is 54.6 Å². The van der Waals surface area contributed by atoms with Crippen molar-refractivity contribution in [3.05, 3.63) is 125 Å². The van der Waals surface area contributed by atoms with E-state index in [-0.39, 0.29) is 34.5 Å². The van der Waals surface area contributed by atoms with Gasteiger partial charge in [-0.15, -0.1) is 0 Å². The molecule has 5 rings (SSSR count). The average molecular weight is 624 g/mol. The number of imidazole rings is 1. The van der Waals surface area contributed by atoms with Gasteiger partial charge in [-0.3, -0.25) is 0 Å². The van der Waals surface area contributed by atoms with Crippen LogP contribution in [0.4, 0.5) is 0 Å². The predicted molar refractivity (Wildman–Crippen MR) is 159 cm³/mol. The van der Waals surface area contributed by atoms with Crippen LogP contribution in [0.2, 0.25) is 0 Å². The van der Waals surface area contributed by atoms with Crippen LogP contribution in [0.5, 0.6) is 0 Å². The topological polar surface area (TPSA) is 156 Å². The SMILES string of the molecule is COC(=O)c1ncn([C@@H]2O[C@H](COC(=O)c3ccccc3)[C@@H](OC(=O)c3ccccc3)[C@@]2(C)OC(=O)c2ccccc2)c1CC#N. The summed E-state index contributed by atoms with van der Waals surface area (Å²) in [7, 11) is 1.17. The number of ether oxygens (including phenoxy) is 5. The second-order valence-corrected chi connectivity index (χ2v) is 10.4. The van der Waals surface area contributed by atoms with E-state index in [2.05, 4.69) is 4.98 Å². The first-order valence-corrected chi connectivity index (χ1v) is 14.2. The van der Waals surface area contributed by atoms with Crippen LogP contribution in [0.25, 0.3) is 0 Å². The number of aromatic nitrogens is 2. The smallest absolute Gasteiger partial charge is 0.358 e. The van der Waals surface area contributed by atoms with Crippen molar-refractivity contribution >= 4 is 23.9 Å². The van der Waals surface area contributed by atoms with Gasteiger partial charge in [0.2, 0.25) is 0 Å². The van der Waals surface area contributed by atoms with E-state index in [0.717, 1.165) is 0 Å². The first-order chi connectivity index (χ1) is 22.3. The fraction of sp³-hybridized carbons (Fsp3) is 0.235. The van der Waals surface area contributed by atoms with Gasteiger partial charge in [0.05, 0.1) is 48.3 Å². The number of carbonyl (C=O) groups excluding carboxylic acids is 4. The third-order valence-electron chi connectivity index (χ3n) is 7.42. The van der Waals surface area contributed by atoms with Crippen LogP contribution in [0, 0.1) is 11.3 Å². The molecule has 1 saturated heterocycles. The summed E-state index contributed by atoms with van der Waals surface area (Å²) < 4.78 is 30.3. The number of hydrogen-bond donors (Lipinski definition) is 0. The van der Waals surface area contributed by atoms with Crippen molar-refractivity contribution in [3.63, 3.8) is 0 Å². The number of nitriles is 1. The van der Waals surface area contributed by atoms with Crippen molar-refractivity contribution in [2.45, 2.75) is 37.4 Å². The number of nitrogens with zero attached hydrogens (tertiary/aromatic N) is 3. The highest BCUT2D eigenvalue weighted by atomic mass is 16.7. The lowest BCUT2D eigenvalue weighted by Gasteiger charge is -2.35. The zero-order valence-corrected chi connectivity index (χ0v) is 24.9. The molecule has 1 aliphatic heterocycles. The maximum Gasteiger partial charge on any atom is 0.358 e. The van der Waals surface area contributed by atoms with Gasteiger partial charge >= 0.3 is 23.9 Å². The molecule has 0 saturated carbocycles. The zero-order chi connectivity index (χ0) is 32.7. The molecule has 46 heavy (non-hydrogen) atoms. The Hall–Kier alpha value is -5.80. The van der Waals surface area contributed by atoms with Gasteiger partial charge in [0.15, 0.2) is 23.6 Å². The molecular formula is C34H29N3O9. The maximum absolute atomic E-state index is 13.6. The number of methoxy groups -OCH3 is 1. The molecule has 12 heteroatoms. The van der Waals surface area contributed by atoms with E-state index in [0.29, 0.717) is 0 Å². The van der Waals surface area contributed by atoms with Gasteiger partial charge in [-0.05, 0) is 43.3 Å². The second kappa shape index (κ2) is 13.9. The summed E-state index contributed by atoms with van der Waals surface area (Å²) in [6.45, 7) is 1.08. The average Bonchev–Trinajstić information content (AvgIpc) is 3.62.